The van der Waals surface area contributed by atoms with Gasteiger partial charge in [0.2, 0.25) is 0 Å². The summed E-state index contributed by atoms with van der Waals surface area (Å²) in [5.41, 5.74) is 0. The van der Waals surface area contributed by atoms with E-state index in [-0.39, 0.29) is 181 Å². The molecule has 0 aromatic rings. The van der Waals surface area contributed by atoms with E-state index in [4.69, 9.17) is 0 Å². The predicted octanol–water partition coefficient (Wildman–Crippen LogP) is -8.65. The third-order valence-electron chi connectivity index (χ3n) is 0.203. The van der Waals surface area contributed by atoms with E-state index in [0.717, 1.165) is 0 Å². The van der Waals surface area contributed by atoms with E-state index in [2.05, 4.69) is 11.8 Å². The summed E-state index contributed by atoms with van der Waals surface area (Å²) in [6.07, 6.45) is 0. The van der Waals surface area contributed by atoms with Gasteiger partial charge in [-0.1, -0.05) is 0 Å². The zero-order valence-corrected chi connectivity index (χ0v) is 20.8. The Morgan fingerprint density at radius 2 is 1.50 bits per heavy atom. The fourth-order valence-electron chi connectivity index (χ4n) is 0. The van der Waals surface area contributed by atoms with Crippen LogP contribution in [0.5, 0.6) is 0 Å². The average molecular weight is 329 g/mol. The van der Waals surface area contributed by atoms with Crippen LogP contribution in [0.2, 0.25) is 0 Å². The molecule has 0 aliphatic rings. The van der Waals surface area contributed by atoms with E-state index in [9.17, 15) is 4.79 Å². The fourth-order valence-corrected chi connectivity index (χ4v) is 0. The molecule has 0 saturated carbocycles. The first kappa shape index (κ1) is 23.1. The molecule has 0 atom stereocenters. The first-order valence-electron chi connectivity index (χ1n) is 1.20. The van der Waals surface area contributed by atoms with Gasteiger partial charge in [0.1, 0.15) is 0 Å². The minimum Gasteiger partial charge on any atom is -0.640 e. The number of carbonyl (C=O) groups is 1. The third kappa shape index (κ3) is 22.4. The van der Waals surface area contributed by atoms with Gasteiger partial charge in [0.05, 0.1) is 0 Å². The number of esters is 1. The largest absolute Gasteiger partial charge is 1.00 e. The maximum absolute atomic E-state index is 9.53. The predicted molar refractivity (Wildman–Crippen MR) is 17.1 cm³/mol. The molecule has 0 fully saturated rings. The Labute approximate surface area is 197 Å². The molecule has 8 heavy (non-hydrogen) atoms. The summed E-state index contributed by atoms with van der Waals surface area (Å²) in [4.78, 5) is 9.53. The van der Waals surface area contributed by atoms with E-state index in [1.54, 1.807) is 0 Å². The van der Waals surface area contributed by atoms with Crippen LogP contribution in [0.4, 0.5) is 0 Å². The zero-order chi connectivity index (χ0) is 4.28. The molecule has 0 aliphatic heterocycles. The van der Waals surface area contributed by atoms with Crippen LogP contribution in [0.3, 0.4) is 0 Å². The van der Waals surface area contributed by atoms with Crippen LogP contribution in [0.15, 0.2) is 0 Å². The Hall–Kier alpha value is 4.89. The van der Waals surface area contributed by atoms with Gasteiger partial charge >= 0.3 is 175 Å². The third-order valence-corrected chi connectivity index (χ3v) is 0.203. The summed E-state index contributed by atoms with van der Waals surface area (Å²) in [7, 11) is 2.84. The SMILES string of the molecule is [CH2-]OC(C)=O.[Rb+].[Rb+].[Rb+]. The van der Waals surface area contributed by atoms with E-state index >= 15 is 0 Å². The molecule has 0 aliphatic carbocycles. The minimum atomic E-state index is -0.356. The van der Waals surface area contributed by atoms with Crippen LogP contribution in [0.1, 0.15) is 6.92 Å². The van der Waals surface area contributed by atoms with Crippen molar-refractivity contribution in [3.05, 3.63) is 7.11 Å². The molecule has 0 saturated heterocycles. The van der Waals surface area contributed by atoms with Gasteiger partial charge in [0.25, 0.3) is 5.97 Å². The van der Waals surface area contributed by atoms with Gasteiger partial charge in [-0.15, -0.1) is 0 Å². The van der Waals surface area contributed by atoms with Gasteiger partial charge in [0.15, 0.2) is 0 Å². The van der Waals surface area contributed by atoms with Crippen LogP contribution in [-0.2, 0) is 9.53 Å². The fraction of sp³-hybridized carbons (Fsp3) is 0.333. The van der Waals surface area contributed by atoms with Gasteiger partial charge in [0, 0.05) is 6.92 Å². The van der Waals surface area contributed by atoms with E-state index < -0.39 is 0 Å². The van der Waals surface area contributed by atoms with Crippen molar-refractivity contribution in [3.8, 4) is 0 Å². The van der Waals surface area contributed by atoms with Crippen molar-refractivity contribution < 1.29 is 184 Å². The van der Waals surface area contributed by atoms with Crippen LogP contribution < -0.4 is 175 Å². The van der Waals surface area contributed by atoms with Gasteiger partial charge in [-0.25, -0.2) is 0 Å². The summed E-state index contributed by atoms with van der Waals surface area (Å²) in [5.74, 6) is -0.356. The molecule has 0 rings (SSSR count). The molecular formula is C3H5O2Rb3+2. The van der Waals surface area contributed by atoms with Gasteiger partial charge in [-0.05, 0) is 0 Å². The Morgan fingerprint density at radius 3 is 1.50 bits per heavy atom. The first-order valence-corrected chi connectivity index (χ1v) is 1.20. The van der Waals surface area contributed by atoms with Crippen LogP contribution >= 0.6 is 0 Å². The molecule has 0 heterocycles. The standard InChI is InChI=1S/C3H5O2.3Rb/c1-3(4)5-2;;;/h2H2,1H3;;;/q-1;3*+1. The van der Waals surface area contributed by atoms with E-state index in [1.807, 2.05) is 0 Å². The zero-order valence-electron chi connectivity index (χ0n) is 6.02. The molecule has 0 unspecified atom stereocenters. The summed E-state index contributed by atoms with van der Waals surface area (Å²) in [5, 5.41) is 0. The van der Waals surface area contributed by atoms with E-state index in [0.29, 0.717) is 0 Å². The quantitative estimate of drug-likeness (QED) is 0.326. The molecule has 0 amide bonds. The Morgan fingerprint density at radius 1 is 1.38 bits per heavy atom. The number of rotatable bonds is 0. The van der Waals surface area contributed by atoms with Gasteiger partial charge < -0.3 is 4.74 Å². The summed E-state index contributed by atoms with van der Waals surface area (Å²) in [6, 6.07) is 0. The summed E-state index contributed by atoms with van der Waals surface area (Å²) >= 11 is 0. The minimum absolute atomic E-state index is 0. The maximum atomic E-state index is 9.53. The topological polar surface area (TPSA) is 26.3 Å². The summed E-state index contributed by atoms with van der Waals surface area (Å²) < 4.78 is 3.86. The molecule has 5 heteroatoms. The Kier molecular flexibility index (Phi) is 51.4. The Balaban J connectivity index is -0.0000000267. The Bertz CT molecular complexity index is 47.8. The van der Waals surface area contributed by atoms with E-state index in [1.165, 1.54) is 6.92 Å². The van der Waals surface area contributed by atoms with Crippen LogP contribution in [0.25, 0.3) is 0 Å². The van der Waals surface area contributed by atoms with Crippen molar-refractivity contribution >= 4 is 5.97 Å². The number of hydrogen-bond acceptors (Lipinski definition) is 2. The van der Waals surface area contributed by atoms with Gasteiger partial charge in [-0.2, -0.15) is 7.11 Å². The van der Waals surface area contributed by atoms with Crippen molar-refractivity contribution in [1.29, 1.82) is 0 Å². The molecule has 0 bridgehead atoms. The molecule has 0 spiro atoms. The second-order valence-corrected chi connectivity index (χ2v) is 0.636. The number of ether oxygens (including phenoxy) is 1. The monoisotopic (exact) mass is 328 g/mol. The average Bonchev–Trinajstić information content (AvgIpc) is 1.38. The smallest absolute Gasteiger partial charge is 0.640 e. The summed E-state index contributed by atoms with van der Waals surface area (Å²) in [6.45, 7) is 1.30. The molecular weight excluding hydrogens is 324 g/mol. The van der Waals surface area contributed by atoms with Crippen LogP contribution in [0, 0.1) is 7.11 Å². The van der Waals surface area contributed by atoms with Gasteiger partial charge in [-0.3, -0.25) is 4.79 Å². The van der Waals surface area contributed by atoms with Crippen molar-refractivity contribution in [2.24, 2.45) is 0 Å². The first-order chi connectivity index (χ1) is 2.27. The maximum Gasteiger partial charge on any atom is 1.00 e. The van der Waals surface area contributed by atoms with Crippen molar-refractivity contribution in [3.63, 3.8) is 0 Å². The second-order valence-electron chi connectivity index (χ2n) is 0.636. The normalized spacial score (nSPS) is 4.25. The van der Waals surface area contributed by atoms with Crippen molar-refractivity contribution in [1.82, 2.24) is 0 Å². The number of hydrogen-bond donors (Lipinski definition) is 0. The van der Waals surface area contributed by atoms with Crippen molar-refractivity contribution in [2.75, 3.05) is 0 Å². The van der Waals surface area contributed by atoms with Crippen LogP contribution in [-0.4, -0.2) is 5.97 Å². The molecule has 30 valence electrons. The molecule has 2 nitrogen and oxygen atoms in total. The molecule has 0 radical (unpaired) electrons. The molecule has 0 aromatic carbocycles. The van der Waals surface area contributed by atoms with Crippen molar-refractivity contribution in [2.45, 2.75) is 6.92 Å². The number of carbonyl (C=O) groups excluding carboxylic acids is 1. The molecule has 0 aromatic heterocycles. The second kappa shape index (κ2) is 17.8. The molecule has 0 N–H and O–H groups in total.